The number of thiazole rings is 1. The molecule has 1 aromatic heterocycles. The molecule has 0 fully saturated rings. The van der Waals surface area contributed by atoms with Crippen LogP contribution in [0, 0.1) is 6.92 Å². The van der Waals surface area contributed by atoms with E-state index < -0.39 is 0 Å². The average Bonchev–Trinajstić information content (AvgIpc) is 2.96. The molecule has 0 spiro atoms. The first-order valence-corrected chi connectivity index (χ1v) is 9.82. The van der Waals surface area contributed by atoms with Gasteiger partial charge in [-0.25, -0.2) is 0 Å². The van der Waals surface area contributed by atoms with Crippen molar-refractivity contribution in [1.82, 2.24) is 9.47 Å². The molecule has 26 heavy (non-hydrogen) atoms. The van der Waals surface area contributed by atoms with Crippen molar-refractivity contribution in [3.8, 4) is 5.75 Å². The van der Waals surface area contributed by atoms with E-state index in [9.17, 15) is 9.59 Å². The van der Waals surface area contributed by atoms with Crippen LogP contribution in [0.5, 0.6) is 5.75 Å². The van der Waals surface area contributed by atoms with Crippen LogP contribution in [-0.4, -0.2) is 41.6 Å². The molecule has 0 aliphatic carbocycles. The molecule has 1 heterocycles. The molecule has 0 saturated heterocycles. The molecule has 0 unspecified atom stereocenters. The third kappa shape index (κ3) is 5.71. The van der Waals surface area contributed by atoms with Crippen LogP contribution in [-0.2, 0) is 11.3 Å². The second-order valence-corrected chi connectivity index (χ2v) is 6.78. The van der Waals surface area contributed by atoms with Crippen LogP contribution in [0.2, 0.25) is 0 Å². The summed E-state index contributed by atoms with van der Waals surface area (Å²) in [6.07, 6.45) is 0.241. The van der Waals surface area contributed by atoms with Gasteiger partial charge in [0.05, 0.1) is 5.69 Å². The van der Waals surface area contributed by atoms with E-state index in [0.29, 0.717) is 24.6 Å². The van der Waals surface area contributed by atoms with Gasteiger partial charge in [-0.2, -0.15) is 0 Å². The molecular formula is C19H27N3O3S. The first kappa shape index (κ1) is 20.2. The van der Waals surface area contributed by atoms with Crippen molar-refractivity contribution in [2.45, 2.75) is 33.7 Å². The first-order valence-electron chi connectivity index (χ1n) is 8.94. The standard InChI is InChI=1S/C19H27N3O3S/c1-4-21(5-2)12-13-25-17-9-7-6-8-16(17)20-18(23)10-11-22-15(3)14-26-19(22)24/h6-9,14H,4-5,10-13H2,1-3H3,(H,20,23). The second kappa shape index (κ2) is 10.1. The van der Waals surface area contributed by atoms with E-state index in [2.05, 4.69) is 24.1 Å². The maximum atomic E-state index is 12.3. The summed E-state index contributed by atoms with van der Waals surface area (Å²) < 4.78 is 7.47. The lowest BCUT2D eigenvalue weighted by molar-refractivity contribution is -0.116. The molecule has 0 atom stereocenters. The monoisotopic (exact) mass is 377 g/mol. The molecular weight excluding hydrogens is 350 g/mol. The van der Waals surface area contributed by atoms with Crippen molar-refractivity contribution >= 4 is 22.9 Å². The third-order valence-corrected chi connectivity index (χ3v) is 5.14. The van der Waals surface area contributed by atoms with E-state index in [1.54, 1.807) is 9.95 Å². The van der Waals surface area contributed by atoms with Gasteiger partial charge in [-0.3, -0.25) is 9.59 Å². The van der Waals surface area contributed by atoms with Crippen LogP contribution < -0.4 is 14.9 Å². The highest BCUT2D eigenvalue weighted by atomic mass is 32.1. The van der Waals surface area contributed by atoms with E-state index in [4.69, 9.17) is 4.74 Å². The van der Waals surface area contributed by atoms with Crippen LogP contribution in [0.25, 0.3) is 0 Å². The lowest BCUT2D eigenvalue weighted by Crippen LogP contribution is -2.28. The molecule has 0 aliphatic heterocycles. The highest BCUT2D eigenvalue weighted by Gasteiger charge is 2.10. The minimum Gasteiger partial charge on any atom is -0.490 e. The average molecular weight is 378 g/mol. The summed E-state index contributed by atoms with van der Waals surface area (Å²) in [6.45, 7) is 9.88. The highest BCUT2D eigenvalue weighted by molar-refractivity contribution is 7.07. The summed E-state index contributed by atoms with van der Waals surface area (Å²) in [7, 11) is 0. The fourth-order valence-corrected chi connectivity index (χ4v) is 3.38. The molecule has 1 amide bonds. The summed E-state index contributed by atoms with van der Waals surface area (Å²) in [5.74, 6) is 0.527. The Morgan fingerprint density at radius 3 is 2.65 bits per heavy atom. The highest BCUT2D eigenvalue weighted by Crippen LogP contribution is 2.23. The molecule has 0 saturated carbocycles. The largest absolute Gasteiger partial charge is 0.490 e. The smallest absolute Gasteiger partial charge is 0.307 e. The minimum atomic E-state index is -0.137. The summed E-state index contributed by atoms with van der Waals surface area (Å²) in [5, 5.41) is 4.69. The normalized spacial score (nSPS) is 10.9. The van der Waals surface area contributed by atoms with Crippen LogP contribution in [0.4, 0.5) is 5.69 Å². The quantitative estimate of drug-likeness (QED) is 0.691. The van der Waals surface area contributed by atoms with Crippen molar-refractivity contribution < 1.29 is 9.53 Å². The number of carbonyl (C=O) groups is 1. The van der Waals surface area contributed by atoms with E-state index in [1.165, 1.54) is 0 Å². The number of para-hydroxylation sites is 2. The summed E-state index contributed by atoms with van der Waals surface area (Å²) in [5.41, 5.74) is 1.54. The van der Waals surface area contributed by atoms with Crippen molar-refractivity contribution in [3.05, 3.63) is 45.0 Å². The Morgan fingerprint density at radius 1 is 1.27 bits per heavy atom. The number of benzene rings is 1. The number of nitrogens with one attached hydrogen (secondary N) is 1. The number of likely N-dealkylation sites (N-methyl/N-ethyl adjacent to an activating group) is 1. The van der Waals surface area contributed by atoms with Crippen molar-refractivity contribution in [2.75, 3.05) is 31.6 Å². The Bertz CT molecular complexity index is 765. The molecule has 1 N–H and O–H groups in total. The van der Waals surface area contributed by atoms with Crippen molar-refractivity contribution in [1.29, 1.82) is 0 Å². The minimum absolute atomic E-state index is 0.0320. The lowest BCUT2D eigenvalue weighted by Gasteiger charge is -2.19. The molecule has 0 bridgehead atoms. The number of hydrogen-bond donors (Lipinski definition) is 1. The predicted molar refractivity (Wildman–Crippen MR) is 106 cm³/mol. The Kier molecular flexibility index (Phi) is 7.87. The fraction of sp³-hybridized carbons (Fsp3) is 0.474. The molecule has 7 heteroatoms. The number of carbonyl (C=O) groups excluding carboxylic acids is 1. The van der Waals surface area contributed by atoms with Gasteiger partial charge >= 0.3 is 4.87 Å². The second-order valence-electron chi connectivity index (χ2n) is 5.96. The molecule has 0 aliphatic rings. The number of rotatable bonds is 10. The van der Waals surface area contributed by atoms with Crippen molar-refractivity contribution in [3.63, 3.8) is 0 Å². The number of aryl methyl sites for hydroxylation is 1. The van der Waals surface area contributed by atoms with Gasteiger partial charge in [0.15, 0.2) is 0 Å². The molecule has 1 aromatic carbocycles. The van der Waals surface area contributed by atoms with Gasteiger partial charge in [0.2, 0.25) is 5.91 Å². The molecule has 142 valence electrons. The van der Waals surface area contributed by atoms with Crippen LogP contribution in [0.15, 0.2) is 34.4 Å². The number of aromatic nitrogens is 1. The van der Waals surface area contributed by atoms with Gasteiger partial charge in [-0.05, 0) is 32.1 Å². The number of ether oxygens (including phenoxy) is 1. The molecule has 2 aromatic rings. The maximum Gasteiger partial charge on any atom is 0.307 e. The van der Waals surface area contributed by atoms with E-state index in [1.807, 2.05) is 31.2 Å². The third-order valence-electron chi connectivity index (χ3n) is 4.26. The number of nitrogens with zero attached hydrogens (tertiary/aromatic N) is 2. The molecule has 0 radical (unpaired) electrons. The van der Waals surface area contributed by atoms with Gasteiger partial charge in [0.25, 0.3) is 0 Å². The Balaban J connectivity index is 1.90. The lowest BCUT2D eigenvalue weighted by atomic mass is 10.2. The Hall–Kier alpha value is -2.12. The van der Waals surface area contributed by atoms with Crippen molar-refractivity contribution in [2.24, 2.45) is 0 Å². The predicted octanol–water partition coefficient (Wildman–Crippen LogP) is 2.97. The zero-order valence-corrected chi connectivity index (χ0v) is 16.5. The number of hydrogen-bond acceptors (Lipinski definition) is 5. The first-order chi connectivity index (χ1) is 12.5. The van der Waals surface area contributed by atoms with Gasteiger partial charge < -0.3 is 19.5 Å². The Morgan fingerprint density at radius 2 is 2.00 bits per heavy atom. The molecule has 2 rings (SSSR count). The number of amides is 1. The molecule has 6 nitrogen and oxygen atoms in total. The summed E-state index contributed by atoms with van der Waals surface area (Å²) in [4.78, 5) is 26.2. The zero-order chi connectivity index (χ0) is 18.9. The van der Waals surface area contributed by atoms with Gasteiger partial charge in [0.1, 0.15) is 12.4 Å². The maximum absolute atomic E-state index is 12.3. The summed E-state index contributed by atoms with van der Waals surface area (Å²) in [6, 6.07) is 7.43. The van der Waals surface area contributed by atoms with Crippen LogP contribution in [0.3, 0.4) is 0 Å². The Labute approximate surface area is 158 Å². The van der Waals surface area contributed by atoms with Gasteiger partial charge in [0, 0.05) is 30.6 Å². The SMILES string of the molecule is CCN(CC)CCOc1ccccc1NC(=O)CCn1c(C)csc1=O. The van der Waals surface area contributed by atoms with E-state index in [0.717, 1.165) is 36.7 Å². The van der Waals surface area contributed by atoms with Crippen LogP contribution in [0.1, 0.15) is 26.0 Å². The number of anilines is 1. The topological polar surface area (TPSA) is 63.6 Å². The zero-order valence-electron chi connectivity index (χ0n) is 15.7. The van der Waals surface area contributed by atoms with Crippen LogP contribution >= 0.6 is 11.3 Å². The van der Waals surface area contributed by atoms with E-state index >= 15 is 0 Å². The fourth-order valence-electron chi connectivity index (χ4n) is 2.62. The van der Waals surface area contributed by atoms with Gasteiger partial charge in [-0.1, -0.05) is 37.3 Å². The van der Waals surface area contributed by atoms with E-state index in [-0.39, 0.29) is 17.2 Å². The van der Waals surface area contributed by atoms with Gasteiger partial charge in [-0.15, -0.1) is 0 Å². The summed E-state index contributed by atoms with van der Waals surface area (Å²) >= 11 is 1.16.